The van der Waals surface area contributed by atoms with E-state index in [4.69, 9.17) is 4.74 Å². The molecule has 1 heterocycles. The second-order valence-corrected chi connectivity index (χ2v) is 11.6. The number of carbonyl (C=O) groups excluding carboxylic acids is 3. The van der Waals surface area contributed by atoms with Gasteiger partial charge in [0.15, 0.2) is 0 Å². The highest BCUT2D eigenvalue weighted by Crippen LogP contribution is 2.67. The van der Waals surface area contributed by atoms with Crippen molar-refractivity contribution in [2.24, 2.45) is 34.0 Å². The van der Waals surface area contributed by atoms with E-state index >= 15 is 0 Å². The average molecular weight is 495 g/mol. The first-order valence-corrected chi connectivity index (χ1v) is 12.9. The van der Waals surface area contributed by atoms with E-state index in [1.165, 1.54) is 6.08 Å². The molecular formula is C29H38N2O5. The maximum atomic E-state index is 13.4. The highest BCUT2D eigenvalue weighted by atomic mass is 16.6. The van der Waals surface area contributed by atoms with Crippen molar-refractivity contribution in [1.82, 2.24) is 10.3 Å². The first-order chi connectivity index (χ1) is 17.0. The highest BCUT2D eigenvalue weighted by molar-refractivity contribution is 6.00. The Bertz CT molecular complexity index is 1070. The number of imide groups is 1. The lowest BCUT2D eigenvalue weighted by Gasteiger charge is -2.61. The van der Waals surface area contributed by atoms with Crippen LogP contribution in [0.15, 0.2) is 43.3 Å². The number of ether oxygens (including phenoxy) is 1. The number of nitrogens with zero attached hydrogens (tertiary/aromatic N) is 1. The second kappa shape index (κ2) is 9.58. The summed E-state index contributed by atoms with van der Waals surface area (Å²) in [5.41, 5.74) is -0.971. The molecule has 3 aliphatic carbocycles. The normalized spacial score (nSPS) is 40.1. The molecule has 3 fully saturated rings. The molecule has 8 unspecified atom stereocenters. The molecule has 7 heteroatoms. The van der Waals surface area contributed by atoms with Crippen LogP contribution in [0, 0.1) is 34.0 Å². The zero-order valence-corrected chi connectivity index (χ0v) is 21.7. The van der Waals surface area contributed by atoms with E-state index in [9.17, 15) is 19.5 Å². The topological polar surface area (TPSA) is 106 Å². The molecule has 0 spiro atoms. The number of rotatable bonds is 4. The van der Waals surface area contributed by atoms with Gasteiger partial charge in [0.2, 0.25) is 0 Å². The monoisotopic (exact) mass is 494 g/mol. The molecule has 2 N–H and O–H groups in total. The summed E-state index contributed by atoms with van der Waals surface area (Å²) in [5.74, 6) is -0.713. The van der Waals surface area contributed by atoms with E-state index in [1.807, 2.05) is 6.92 Å². The van der Waals surface area contributed by atoms with Crippen LogP contribution in [-0.4, -0.2) is 40.1 Å². The van der Waals surface area contributed by atoms with E-state index in [1.54, 1.807) is 36.7 Å². The minimum atomic E-state index is -0.856. The van der Waals surface area contributed by atoms with Gasteiger partial charge >= 0.3 is 6.09 Å². The summed E-state index contributed by atoms with van der Waals surface area (Å²) in [6.45, 7) is 12.2. The first-order valence-electron chi connectivity index (χ1n) is 12.9. The lowest BCUT2D eigenvalue weighted by atomic mass is 9.44. The van der Waals surface area contributed by atoms with Gasteiger partial charge in [-0.25, -0.2) is 4.79 Å². The number of hydrogen-bond donors (Lipinski definition) is 2. The Hall–Kier alpha value is -2.80. The lowest BCUT2D eigenvalue weighted by molar-refractivity contribution is -0.191. The summed E-state index contributed by atoms with van der Waals surface area (Å²) in [6.07, 6.45) is 8.82. The van der Waals surface area contributed by atoms with Gasteiger partial charge in [-0.05, 0) is 60.6 Å². The van der Waals surface area contributed by atoms with Gasteiger partial charge in [0.25, 0.3) is 5.91 Å². The number of carbonyl (C=O) groups is 3. The van der Waals surface area contributed by atoms with Gasteiger partial charge < -0.3 is 9.84 Å². The molecule has 7 nitrogen and oxygen atoms in total. The van der Waals surface area contributed by atoms with Gasteiger partial charge in [0.1, 0.15) is 11.9 Å². The molecule has 8 atom stereocenters. The van der Waals surface area contributed by atoms with Crippen LogP contribution in [0.3, 0.4) is 0 Å². The lowest BCUT2D eigenvalue weighted by Crippen LogP contribution is -2.63. The van der Waals surface area contributed by atoms with Crippen LogP contribution in [0.5, 0.6) is 0 Å². The molecule has 4 rings (SSSR count). The number of alkyl carbamates (subject to hydrolysis) is 1. The number of ketones is 1. The molecule has 1 aromatic rings. The zero-order valence-electron chi connectivity index (χ0n) is 21.7. The van der Waals surface area contributed by atoms with E-state index < -0.39 is 35.0 Å². The second-order valence-electron chi connectivity index (χ2n) is 11.6. The zero-order chi connectivity index (χ0) is 26.3. The third-order valence-electron chi connectivity index (χ3n) is 9.89. The smallest absolute Gasteiger partial charge is 0.414 e. The van der Waals surface area contributed by atoms with E-state index in [0.717, 1.165) is 24.8 Å². The van der Waals surface area contributed by atoms with Gasteiger partial charge in [0.05, 0.1) is 6.10 Å². The predicted octanol–water partition coefficient (Wildman–Crippen LogP) is 4.71. The number of amides is 2. The Balaban J connectivity index is 1.64. The van der Waals surface area contributed by atoms with Gasteiger partial charge in [-0.15, -0.1) is 6.58 Å². The summed E-state index contributed by atoms with van der Waals surface area (Å²) in [6, 6.07) is 3.55. The third kappa shape index (κ3) is 4.21. The van der Waals surface area contributed by atoms with Crippen LogP contribution in [0.4, 0.5) is 4.79 Å². The summed E-state index contributed by atoms with van der Waals surface area (Å²) in [4.78, 5) is 42.8. The van der Waals surface area contributed by atoms with Crippen molar-refractivity contribution >= 4 is 23.9 Å². The highest BCUT2D eigenvalue weighted by Gasteiger charge is 2.68. The van der Waals surface area contributed by atoms with Crippen molar-refractivity contribution in [1.29, 1.82) is 0 Å². The van der Waals surface area contributed by atoms with Crippen LogP contribution >= 0.6 is 0 Å². The minimum Gasteiger partial charge on any atom is -0.445 e. The Morgan fingerprint density at radius 1 is 1.28 bits per heavy atom. The third-order valence-corrected chi connectivity index (χ3v) is 9.89. The predicted molar refractivity (Wildman–Crippen MR) is 136 cm³/mol. The van der Waals surface area contributed by atoms with E-state index in [0.29, 0.717) is 12.8 Å². The molecule has 36 heavy (non-hydrogen) atoms. The fourth-order valence-electron chi connectivity index (χ4n) is 7.45. The van der Waals surface area contributed by atoms with E-state index in [2.05, 4.69) is 37.7 Å². The van der Waals surface area contributed by atoms with Crippen LogP contribution in [0.25, 0.3) is 6.08 Å². The van der Waals surface area contributed by atoms with Crippen molar-refractivity contribution < 1.29 is 24.2 Å². The molecular weight excluding hydrogens is 456 g/mol. The van der Waals surface area contributed by atoms with Crippen molar-refractivity contribution in [2.45, 2.75) is 72.0 Å². The molecule has 1 aromatic heterocycles. The molecule has 2 amide bonds. The van der Waals surface area contributed by atoms with Gasteiger partial charge in [-0.1, -0.05) is 39.8 Å². The maximum absolute atomic E-state index is 13.4. The Kier molecular flexibility index (Phi) is 6.99. The number of hydrogen-bond acceptors (Lipinski definition) is 6. The largest absolute Gasteiger partial charge is 0.445 e. The number of aromatic nitrogens is 1. The van der Waals surface area contributed by atoms with Crippen molar-refractivity contribution in [3.8, 4) is 0 Å². The number of pyridine rings is 1. The maximum Gasteiger partial charge on any atom is 0.414 e. The van der Waals surface area contributed by atoms with Gasteiger partial charge in [-0.3, -0.25) is 19.9 Å². The molecule has 0 aromatic carbocycles. The molecule has 0 aliphatic heterocycles. The molecule has 2 bridgehead atoms. The van der Waals surface area contributed by atoms with Crippen LogP contribution in [-0.2, 0) is 14.3 Å². The number of Topliss-reactive ketones (excluding diaryl/α,β-unsaturated/α-hetero) is 1. The summed E-state index contributed by atoms with van der Waals surface area (Å²) in [5, 5.41) is 13.9. The van der Waals surface area contributed by atoms with Crippen LogP contribution in [0.2, 0.25) is 0 Å². The van der Waals surface area contributed by atoms with Crippen molar-refractivity contribution in [2.75, 3.05) is 0 Å². The van der Waals surface area contributed by atoms with Gasteiger partial charge in [0, 0.05) is 41.6 Å². The number of aliphatic hydroxyl groups excluding tert-OH is 1. The SMILES string of the molecule is C=CC1(C)CC(OC(=O)NC(=O)/C=C/c2cccnc2)C2(C)C(C)CCC3(CCC(=O)C32)C(C)C1O. The van der Waals surface area contributed by atoms with Gasteiger partial charge in [-0.2, -0.15) is 0 Å². The van der Waals surface area contributed by atoms with E-state index in [-0.39, 0.29) is 29.0 Å². The first kappa shape index (κ1) is 26.3. The average Bonchev–Trinajstić information content (AvgIpc) is 3.22. The standard InChI is InChI=1S/C29H38N2O5/c1-6-27(4)16-22(36-26(35)31-23(33)10-9-20-8-7-15-30-17-20)28(5)18(2)11-13-29(19(3)25(27)34)14-12-21(32)24(28)29/h6-10,15,17-19,22,24-25,34H,1,11-14,16H2,2-5H3,(H,31,33,35)/b10-9+. The van der Waals surface area contributed by atoms with Crippen molar-refractivity contribution in [3.05, 3.63) is 48.8 Å². The number of nitrogens with one attached hydrogen (secondary N) is 1. The van der Waals surface area contributed by atoms with Crippen LogP contribution < -0.4 is 5.32 Å². The summed E-state index contributed by atoms with van der Waals surface area (Å²) in [7, 11) is 0. The molecule has 0 saturated heterocycles. The van der Waals surface area contributed by atoms with Crippen LogP contribution in [0.1, 0.15) is 65.4 Å². The summed E-state index contributed by atoms with van der Waals surface area (Å²) >= 11 is 0. The molecule has 3 aliphatic rings. The Morgan fingerprint density at radius 3 is 2.69 bits per heavy atom. The molecule has 3 saturated carbocycles. The number of aliphatic hydroxyl groups is 1. The fourth-order valence-corrected chi connectivity index (χ4v) is 7.45. The minimum absolute atomic E-state index is 0.0993. The Morgan fingerprint density at radius 2 is 2.03 bits per heavy atom. The molecule has 194 valence electrons. The molecule has 0 radical (unpaired) electrons. The fraction of sp³-hybridized carbons (Fsp3) is 0.586. The quantitative estimate of drug-likeness (QED) is 0.464. The summed E-state index contributed by atoms with van der Waals surface area (Å²) < 4.78 is 6.01. The van der Waals surface area contributed by atoms with Crippen molar-refractivity contribution in [3.63, 3.8) is 0 Å². The Labute approximate surface area is 213 Å².